The first-order chi connectivity index (χ1) is 11.0. The van der Waals surface area contributed by atoms with Crippen LogP contribution in [0.15, 0.2) is 34.0 Å². The number of nitrogens with zero attached hydrogens (tertiary/aromatic N) is 3. The van der Waals surface area contributed by atoms with Crippen molar-refractivity contribution in [2.75, 3.05) is 0 Å². The maximum atomic E-state index is 13.6. The Balaban J connectivity index is 1.96. The molecule has 0 radical (unpaired) electrons. The summed E-state index contributed by atoms with van der Waals surface area (Å²) in [6, 6.07) is 5.22. The average molecular weight is 332 g/mol. The predicted octanol–water partition coefficient (Wildman–Crippen LogP) is 3.45. The van der Waals surface area contributed by atoms with Crippen LogP contribution in [-0.2, 0) is 5.75 Å². The molecule has 0 saturated carbocycles. The van der Waals surface area contributed by atoms with Gasteiger partial charge in [-0.05, 0) is 19.1 Å². The molecule has 3 rings (SSSR count). The first kappa shape index (κ1) is 15.2. The first-order valence-corrected chi connectivity index (χ1v) is 7.55. The van der Waals surface area contributed by atoms with Crippen LogP contribution in [0.2, 0.25) is 0 Å². The van der Waals surface area contributed by atoms with Crippen LogP contribution in [-0.4, -0.2) is 14.6 Å². The van der Waals surface area contributed by atoms with E-state index < -0.39 is 11.6 Å². The van der Waals surface area contributed by atoms with Gasteiger partial charge < -0.3 is 5.10 Å². The van der Waals surface area contributed by atoms with Gasteiger partial charge in [0.05, 0.1) is 12.3 Å². The number of thioether (sulfide) groups is 1. The number of benzene rings is 1. The van der Waals surface area contributed by atoms with Crippen molar-refractivity contribution in [1.29, 1.82) is 0 Å². The van der Waals surface area contributed by atoms with Gasteiger partial charge in [-0.3, -0.25) is 4.79 Å². The van der Waals surface area contributed by atoms with Gasteiger partial charge in [0, 0.05) is 22.4 Å². The molecule has 1 N–H and O–H groups in total. The smallest absolute Gasteiger partial charge is 0.271 e. The number of rotatable bonds is 3. The third-order valence-corrected chi connectivity index (χ3v) is 4.29. The normalized spacial score (nSPS) is 10.9. The Labute approximate surface area is 133 Å². The lowest BCUT2D eigenvalue weighted by atomic mass is 10.3. The molecule has 0 bridgehead atoms. The highest BCUT2D eigenvalue weighted by atomic mass is 32.2. The van der Waals surface area contributed by atoms with E-state index >= 15 is 0 Å². The van der Waals surface area contributed by atoms with Crippen molar-refractivity contribution in [1.82, 2.24) is 14.6 Å². The second-order valence-electron chi connectivity index (χ2n) is 4.78. The largest absolute Gasteiger partial charge is 0.306 e. The van der Waals surface area contributed by atoms with Crippen molar-refractivity contribution in [2.24, 2.45) is 0 Å². The van der Waals surface area contributed by atoms with E-state index in [1.54, 1.807) is 6.92 Å². The molecular formula is C15H10F2N4OS. The Kier molecular flexibility index (Phi) is 3.88. The topological polar surface area (TPSA) is 54.5 Å². The minimum atomic E-state index is -0.922. The van der Waals surface area contributed by atoms with Crippen molar-refractivity contribution in [2.45, 2.75) is 17.6 Å². The molecule has 0 fully saturated rings. The third kappa shape index (κ3) is 2.71. The van der Waals surface area contributed by atoms with Crippen LogP contribution in [0.3, 0.4) is 0 Å². The summed E-state index contributed by atoms with van der Waals surface area (Å²) in [7, 11) is 0. The van der Waals surface area contributed by atoms with E-state index in [-0.39, 0.29) is 27.5 Å². The summed E-state index contributed by atoms with van der Waals surface area (Å²) in [6.45, 7) is 8.84. The summed E-state index contributed by atoms with van der Waals surface area (Å²) < 4.78 is 28.0. The molecule has 0 atom stereocenters. The highest BCUT2D eigenvalue weighted by Crippen LogP contribution is 2.27. The quantitative estimate of drug-likeness (QED) is 0.590. The molecule has 0 aliphatic rings. The molecule has 0 saturated heterocycles. The van der Waals surface area contributed by atoms with Gasteiger partial charge in [-0.1, -0.05) is 6.07 Å². The lowest BCUT2D eigenvalue weighted by Crippen LogP contribution is -2.15. The van der Waals surface area contributed by atoms with Gasteiger partial charge >= 0.3 is 0 Å². The zero-order valence-corrected chi connectivity index (χ0v) is 12.7. The Morgan fingerprint density at radius 1 is 1.43 bits per heavy atom. The Hall–Kier alpha value is -2.66. The van der Waals surface area contributed by atoms with Crippen LogP contribution in [0.1, 0.15) is 11.4 Å². The molecule has 5 nitrogen and oxygen atoms in total. The predicted molar refractivity (Wildman–Crippen MR) is 82.7 cm³/mol. The Bertz CT molecular complexity index is 1000. The zero-order chi connectivity index (χ0) is 16.6. The minimum Gasteiger partial charge on any atom is -0.306 e. The van der Waals surface area contributed by atoms with E-state index in [4.69, 9.17) is 6.57 Å². The summed E-state index contributed by atoms with van der Waals surface area (Å²) in [6.07, 6.45) is 0. The van der Waals surface area contributed by atoms with E-state index in [0.717, 1.165) is 17.8 Å². The van der Waals surface area contributed by atoms with Crippen molar-refractivity contribution in [3.05, 3.63) is 69.1 Å². The second kappa shape index (κ2) is 5.85. The number of hydrogen-bond donors (Lipinski definition) is 1. The average Bonchev–Trinajstić information content (AvgIpc) is 2.85. The van der Waals surface area contributed by atoms with Crippen LogP contribution >= 0.6 is 11.8 Å². The summed E-state index contributed by atoms with van der Waals surface area (Å²) in [5, 5.41) is 2.78. The maximum Gasteiger partial charge on any atom is 0.271 e. The summed E-state index contributed by atoms with van der Waals surface area (Å²) in [5.74, 6) is -1.65. The van der Waals surface area contributed by atoms with Crippen molar-refractivity contribution in [3.63, 3.8) is 0 Å². The van der Waals surface area contributed by atoms with Crippen LogP contribution in [0, 0.1) is 25.1 Å². The molecule has 0 unspecified atom stereocenters. The van der Waals surface area contributed by atoms with E-state index in [0.29, 0.717) is 11.4 Å². The molecule has 116 valence electrons. The Morgan fingerprint density at radius 3 is 2.96 bits per heavy atom. The maximum absolute atomic E-state index is 13.6. The van der Waals surface area contributed by atoms with Gasteiger partial charge in [0.2, 0.25) is 0 Å². The summed E-state index contributed by atoms with van der Waals surface area (Å²) >= 11 is 1.04. The SMILES string of the molecule is [C-]#[N+]c1c(C)[nH]n2c(=O)cc(CSc3cccc(F)c3F)nc12. The highest BCUT2D eigenvalue weighted by molar-refractivity contribution is 7.98. The second-order valence-corrected chi connectivity index (χ2v) is 5.80. The van der Waals surface area contributed by atoms with Crippen LogP contribution in [0.5, 0.6) is 0 Å². The molecule has 1 aromatic carbocycles. The monoisotopic (exact) mass is 332 g/mol. The molecule has 2 aromatic heterocycles. The summed E-state index contributed by atoms with van der Waals surface area (Å²) in [5.41, 5.74) is 1.09. The number of aryl methyl sites for hydroxylation is 1. The number of halogens is 2. The fourth-order valence-electron chi connectivity index (χ4n) is 2.14. The Morgan fingerprint density at radius 2 is 2.22 bits per heavy atom. The molecule has 0 aliphatic heterocycles. The highest BCUT2D eigenvalue weighted by Gasteiger charge is 2.14. The molecule has 0 amide bonds. The number of fused-ring (bicyclic) bond motifs is 1. The van der Waals surface area contributed by atoms with Crippen LogP contribution in [0.4, 0.5) is 14.5 Å². The number of aromatic amines is 1. The summed E-state index contributed by atoms with van der Waals surface area (Å²) in [4.78, 5) is 19.8. The van der Waals surface area contributed by atoms with Gasteiger partial charge in [0.1, 0.15) is 0 Å². The number of hydrogen-bond acceptors (Lipinski definition) is 3. The zero-order valence-electron chi connectivity index (χ0n) is 11.9. The number of aromatic nitrogens is 3. The first-order valence-electron chi connectivity index (χ1n) is 6.57. The van der Waals surface area contributed by atoms with Crippen molar-refractivity contribution >= 4 is 23.1 Å². The molecule has 8 heteroatoms. The lowest BCUT2D eigenvalue weighted by molar-refractivity contribution is 0.491. The molecular weight excluding hydrogens is 322 g/mol. The number of H-pyrrole nitrogens is 1. The van der Waals surface area contributed by atoms with Gasteiger partial charge in [-0.15, -0.1) is 11.8 Å². The standard InChI is InChI=1S/C15H10F2N4OS/c1-8-14(18-2)15-19-9(6-12(22)21(15)20-8)7-23-11-5-3-4-10(16)13(11)17/h3-6,20H,7H2,1H3. The van der Waals surface area contributed by atoms with Gasteiger partial charge in [-0.25, -0.2) is 23.1 Å². The van der Waals surface area contributed by atoms with E-state index in [9.17, 15) is 13.6 Å². The van der Waals surface area contributed by atoms with Crippen LogP contribution < -0.4 is 5.56 Å². The third-order valence-electron chi connectivity index (χ3n) is 3.22. The lowest BCUT2D eigenvalue weighted by Gasteiger charge is -2.04. The van der Waals surface area contributed by atoms with Gasteiger partial charge in [0.15, 0.2) is 17.3 Å². The molecule has 2 heterocycles. The number of nitrogens with one attached hydrogen (secondary N) is 1. The van der Waals surface area contributed by atoms with E-state index in [1.807, 2.05) is 0 Å². The van der Waals surface area contributed by atoms with Crippen molar-refractivity contribution in [3.8, 4) is 0 Å². The molecule has 0 spiro atoms. The minimum absolute atomic E-state index is 0.141. The van der Waals surface area contributed by atoms with Crippen LogP contribution in [0.25, 0.3) is 10.5 Å². The van der Waals surface area contributed by atoms with E-state index in [1.165, 1.54) is 22.7 Å². The fraction of sp³-hybridized carbons (Fsp3) is 0.133. The van der Waals surface area contributed by atoms with Gasteiger partial charge in [-0.2, -0.15) is 0 Å². The molecule has 3 aromatic rings. The molecule has 0 aliphatic carbocycles. The fourth-order valence-corrected chi connectivity index (χ4v) is 2.99. The molecule has 23 heavy (non-hydrogen) atoms. The van der Waals surface area contributed by atoms with Crippen molar-refractivity contribution < 1.29 is 8.78 Å². The van der Waals surface area contributed by atoms with E-state index in [2.05, 4.69) is 14.9 Å². The van der Waals surface area contributed by atoms with Gasteiger partial charge in [0.25, 0.3) is 11.2 Å².